The molecule has 8 heteroatoms. The van der Waals surface area contributed by atoms with Crippen LogP contribution in [0.4, 0.5) is 0 Å². The van der Waals surface area contributed by atoms with Gasteiger partial charge in [0.05, 0.1) is 26.0 Å². The number of hydrogen-bond acceptors (Lipinski definition) is 6. The molecule has 0 amide bonds. The fourth-order valence-corrected chi connectivity index (χ4v) is 3.46. The van der Waals surface area contributed by atoms with E-state index in [0.717, 1.165) is 27.9 Å². The van der Waals surface area contributed by atoms with Gasteiger partial charge in [-0.05, 0) is 35.0 Å². The van der Waals surface area contributed by atoms with E-state index in [4.69, 9.17) is 14.2 Å². The number of esters is 1. The maximum atomic E-state index is 12.2. The zero-order chi connectivity index (χ0) is 21.6. The second-order valence-electron chi connectivity index (χ2n) is 7.80. The highest BCUT2D eigenvalue weighted by atomic mass is 127. The van der Waals surface area contributed by atoms with Crippen molar-refractivity contribution >= 4 is 33.9 Å². The van der Waals surface area contributed by atoms with E-state index in [1.807, 2.05) is 57.5 Å². The molecule has 0 aliphatic heterocycles. The Balaban J connectivity index is 0.00000341. The van der Waals surface area contributed by atoms with Crippen molar-refractivity contribution in [3.05, 3.63) is 59.5 Å². The number of ether oxygens (including phenoxy) is 3. The van der Waals surface area contributed by atoms with Gasteiger partial charge in [-0.2, -0.15) is 0 Å². The second-order valence-corrected chi connectivity index (χ2v) is 8.85. The van der Waals surface area contributed by atoms with Gasteiger partial charge >= 0.3 is 5.97 Å². The lowest BCUT2D eigenvalue weighted by atomic mass is 10.1. The third-order valence-corrected chi connectivity index (χ3v) is 5.30. The van der Waals surface area contributed by atoms with Crippen LogP contribution in [0.15, 0.2) is 54.6 Å². The fourth-order valence-electron chi connectivity index (χ4n) is 2.66. The molecule has 0 aliphatic rings. The Bertz CT molecular complexity index is 1030. The van der Waals surface area contributed by atoms with E-state index in [1.54, 1.807) is 12.1 Å². The summed E-state index contributed by atoms with van der Waals surface area (Å²) in [4.78, 5) is 24.4. The number of halogens is 1. The Labute approximate surface area is 203 Å². The van der Waals surface area contributed by atoms with Crippen molar-refractivity contribution in [2.24, 2.45) is 0 Å². The average molecular weight is 555 g/mol. The molecule has 0 aliphatic carbocycles. The Morgan fingerprint density at radius 3 is 2.32 bits per heavy atom. The van der Waals surface area contributed by atoms with Gasteiger partial charge in [0.2, 0.25) is 0 Å². The predicted octanol–water partition coefficient (Wildman–Crippen LogP) is 0.795. The SMILES string of the molecule is C[N+](C)(C)CCOC(=O)C(=O)c1ccc(OCCOc2ccc3ccccc3c2)s1.[I-]. The lowest BCUT2D eigenvalue weighted by Gasteiger charge is -2.23. The first kappa shape index (κ1) is 25.1. The van der Waals surface area contributed by atoms with Gasteiger partial charge in [0.25, 0.3) is 5.78 Å². The molecule has 2 aromatic carbocycles. The number of hydrogen-bond donors (Lipinski definition) is 0. The van der Waals surface area contributed by atoms with E-state index in [0.29, 0.717) is 34.2 Å². The summed E-state index contributed by atoms with van der Waals surface area (Å²) in [5.41, 5.74) is 0. The third kappa shape index (κ3) is 7.79. The molecule has 3 aromatic rings. The lowest BCUT2D eigenvalue weighted by Crippen LogP contribution is -3.00. The predicted molar refractivity (Wildman–Crippen MR) is 117 cm³/mol. The molecule has 6 nitrogen and oxygen atoms in total. The minimum atomic E-state index is -0.837. The normalized spacial score (nSPS) is 10.9. The molecule has 0 fully saturated rings. The summed E-state index contributed by atoms with van der Waals surface area (Å²) in [5, 5.41) is 2.83. The van der Waals surface area contributed by atoms with Crippen molar-refractivity contribution in [3.8, 4) is 10.8 Å². The van der Waals surface area contributed by atoms with Crippen molar-refractivity contribution < 1.29 is 52.3 Å². The van der Waals surface area contributed by atoms with E-state index < -0.39 is 11.8 Å². The molecule has 1 aromatic heterocycles. The highest BCUT2D eigenvalue weighted by Gasteiger charge is 2.21. The number of fused-ring (bicyclic) bond motifs is 1. The van der Waals surface area contributed by atoms with Crippen LogP contribution >= 0.6 is 11.3 Å². The number of thiophene rings is 1. The van der Waals surface area contributed by atoms with Gasteiger partial charge in [0.1, 0.15) is 32.1 Å². The molecular formula is C23H26INO5S. The number of ketones is 1. The van der Waals surface area contributed by atoms with E-state index >= 15 is 0 Å². The topological polar surface area (TPSA) is 61.8 Å². The number of likely N-dealkylation sites (N-methyl/N-ethyl adjacent to an activating group) is 1. The number of carbonyl (C=O) groups is 2. The molecule has 0 spiro atoms. The summed E-state index contributed by atoms with van der Waals surface area (Å²) in [6, 6.07) is 17.3. The number of carbonyl (C=O) groups excluding carboxylic acids is 2. The molecule has 31 heavy (non-hydrogen) atoms. The van der Waals surface area contributed by atoms with Crippen LogP contribution in [0.3, 0.4) is 0 Å². The smallest absolute Gasteiger partial charge is 0.380 e. The fraction of sp³-hybridized carbons (Fsp3) is 0.304. The molecule has 0 bridgehead atoms. The quantitative estimate of drug-likeness (QED) is 0.0926. The first-order chi connectivity index (χ1) is 14.3. The van der Waals surface area contributed by atoms with E-state index in [-0.39, 0.29) is 30.6 Å². The summed E-state index contributed by atoms with van der Waals surface area (Å²) in [6.07, 6.45) is 0. The monoisotopic (exact) mass is 555 g/mol. The van der Waals surface area contributed by atoms with Crippen molar-refractivity contribution in [2.75, 3.05) is 47.5 Å². The minimum Gasteiger partial charge on any atom is -1.00 e. The molecule has 0 radical (unpaired) electrons. The summed E-state index contributed by atoms with van der Waals surface area (Å²) >= 11 is 1.12. The average Bonchev–Trinajstić information content (AvgIpc) is 3.18. The van der Waals surface area contributed by atoms with Gasteiger partial charge < -0.3 is 42.7 Å². The van der Waals surface area contributed by atoms with Crippen molar-refractivity contribution in [1.29, 1.82) is 0 Å². The molecule has 166 valence electrons. The van der Waals surface area contributed by atoms with Crippen LogP contribution in [-0.2, 0) is 9.53 Å². The van der Waals surface area contributed by atoms with Crippen molar-refractivity contribution in [1.82, 2.24) is 0 Å². The molecule has 0 saturated heterocycles. The van der Waals surface area contributed by atoms with Crippen LogP contribution < -0.4 is 33.5 Å². The van der Waals surface area contributed by atoms with Crippen LogP contribution in [-0.4, -0.2) is 63.7 Å². The molecule has 3 rings (SSSR count). The first-order valence-electron chi connectivity index (χ1n) is 9.68. The summed E-state index contributed by atoms with van der Waals surface area (Å²) in [5.74, 6) is -0.712. The molecular weight excluding hydrogens is 529 g/mol. The number of Topliss-reactive ketones (excluding diaryl/α,β-unsaturated/α-hetero) is 1. The zero-order valence-corrected chi connectivity index (χ0v) is 20.8. The maximum Gasteiger partial charge on any atom is 0.380 e. The molecule has 0 N–H and O–H groups in total. The molecule has 0 saturated carbocycles. The molecule has 0 unspecified atom stereocenters. The number of rotatable bonds is 10. The van der Waals surface area contributed by atoms with E-state index in [9.17, 15) is 9.59 Å². The Kier molecular flexibility index (Phi) is 9.27. The van der Waals surface area contributed by atoms with Crippen LogP contribution in [0.25, 0.3) is 10.8 Å². The Morgan fingerprint density at radius 1 is 0.871 bits per heavy atom. The van der Waals surface area contributed by atoms with Gasteiger partial charge in [-0.3, -0.25) is 4.79 Å². The van der Waals surface area contributed by atoms with Crippen LogP contribution in [0.5, 0.6) is 10.8 Å². The van der Waals surface area contributed by atoms with Crippen LogP contribution in [0, 0.1) is 0 Å². The summed E-state index contributed by atoms with van der Waals surface area (Å²) in [6.45, 7) is 1.53. The summed E-state index contributed by atoms with van der Waals surface area (Å²) < 4.78 is 17.1. The first-order valence-corrected chi connectivity index (χ1v) is 10.5. The Hall–Kier alpha value is -2.17. The van der Waals surface area contributed by atoms with E-state index in [2.05, 4.69) is 6.07 Å². The van der Waals surface area contributed by atoms with Gasteiger partial charge in [-0.25, -0.2) is 4.79 Å². The van der Waals surface area contributed by atoms with Gasteiger partial charge in [-0.15, -0.1) is 0 Å². The number of quaternary nitrogens is 1. The van der Waals surface area contributed by atoms with Gasteiger partial charge in [0, 0.05) is 0 Å². The van der Waals surface area contributed by atoms with Crippen LogP contribution in [0.2, 0.25) is 0 Å². The lowest BCUT2D eigenvalue weighted by molar-refractivity contribution is -0.870. The van der Waals surface area contributed by atoms with Crippen molar-refractivity contribution in [2.45, 2.75) is 0 Å². The highest BCUT2D eigenvalue weighted by Crippen LogP contribution is 2.25. The second kappa shape index (κ2) is 11.4. The highest BCUT2D eigenvalue weighted by molar-refractivity contribution is 7.16. The summed E-state index contributed by atoms with van der Waals surface area (Å²) in [7, 11) is 5.97. The van der Waals surface area contributed by atoms with Gasteiger partial charge in [-0.1, -0.05) is 41.7 Å². The number of nitrogens with zero attached hydrogens (tertiary/aromatic N) is 1. The zero-order valence-electron chi connectivity index (χ0n) is 17.8. The number of benzene rings is 2. The Morgan fingerprint density at radius 2 is 1.58 bits per heavy atom. The molecule has 0 atom stereocenters. The van der Waals surface area contributed by atoms with Crippen molar-refractivity contribution in [3.63, 3.8) is 0 Å². The van der Waals surface area contributed by atoms with Gasteiger partial charge in [0.15, 0.2) is 5.06 Å². The minimum absolute atomic E-state index is 0. The van der Waals surface area contributed by atoms with Crippen LogP contribution in [0.1, 0.15) is 9.67 Å². The third-order valence-electron chi connectivity index (χ3n) is 4.30. The van der Waals surface area contributed by atoms with E-state index in [1.165, 1.54) is 0 Å². The molecule has 1 heterocycles. The standard InChI is InChI=1S/C23H26NO5S.HI/c1-24(2,3)12-13-29-23(26)22(25)20-10-11-21(30-20)28-15-14-27-19-9-8-17-6-4-5-7-18(17)16-19;/h4-11,16H,12-15H2,1-3H3;1H/q+1;/p-1. The largest absolute Gasteiger partial charge is 1.00 e. The maximum absolute atomic E-state index is 12.2.